The second kappa shape index (κ2) is 11.5. The van der Waals surface area contributed by atoms with Gasteiger partial charge in [-0.15, -0.1) is 0 Å². The van der Waals surface area contributed by atoms with Crippen molar-refractivity contribution in [2.24, 2.45) is 0 Å². The Hall–Kier alpha value is -0.987. The van der Waals surface area contributed by atoms with Crippen molar-refractivity contribution in [2.45, 2.75) is 16.7 Å². The van der Waals surface area contributed by atoms with Gasteiger partial charge >= 0.3 is 25.2 Å². The topological polar surface area (TPSA) is 46.6 Å². The van der Waals surface area contributed by atoms with E-state index in [9.17, 15) is 0 Å². The Balaban J connectivity index is 0. The van der Waals surface area contributed by atoms with Crippen molar-refractivity contribution in [3.63, 3.8) is 0 Å². The Labute approximate surface area is 165 Å². The summed E-state index contributed by atoms with van der Waals surface area (Å²) in [6.45, 7) is 2.05. The first-order chi connectivity index (χ1) is 9.67. The van der Waals surface area contributed by atoms with Crippen LogP contribution in [0.4, 0.5) is 5.69 Å². The summed E-state index contributed by atoms with van der Waals surface area (Å²) in [6.07, 6.45) is 0. The molecule has 0 saturated carbocycles. The molecule has 2 rings (SSSR count). The van der Waals surface area contributed by atoms with Gasteiger partial charge in [0.2, 0.25) is 11.1 Å². The zero-order valence-corrected chi connectivity index (χ0v) is 18.3. The number of halogens is 2. The molecule has 0 heterocycles. The second-order valence-electron chi connectivity index (χ2n) is 4.19. The number of ether oxygens (including phenoxy) is 2. The average molecular weight is 424 g/mol. The zero-order chi connectivity index (χ0) is 14.5. The van der Waals surface area contributed by atoms with Gasteiger partial charge in [0.15, 0.2) is 4.98 Å². The van der Waals surface area contributed by atoms with E-state index in [0.717, 1.165) is 9.79 Å². The van der Waals surface area contributed by atoms with Crippen LogP contribution in [-0.2, 0) is 19.5 Å². The number of aryl methyl sites for hydroxylation is 1. The maximum Gasteiger partial charge on any atom is 2.00 e. The molecule has 0 radical (unpaired) electrons. The minimum Gasteiger partial charge on any atom is -1.00 e. The number of rotatable bonds is 4. The van der Waals surface area contributed by atoms with Crippen LogP contribution in [0, 0.1) is 12.3 Å². The van der Waals surface area contributed by atoms with Gasteiger partial charge < -0.3 is 34.3 Å². The largest absolute Gasteiger partial charge is 2.00 e. The fraction of sp³-hybridized carbons (Fsp3) is 0.200. The summed E-state index contributed by atoms with van der Waals surface area (Å²) in [6, 6.07) is 11.7. The van der Waals surface area contributed by atoms with Crippen LogP contribution in [-0.4, -0.2) is 14.2 Å². The standard InChI is InChI=1S/C15H15N2O2S.2ClH.Zn/c1-10-4-6-11(7-5-10)20-15-9-13(18-2)12(17-16)8-14(15)19-3;;;/h4-9H,1-3H3;2*1H;/q+1;;;+2/p-2. The molecule has 23 heavy (non-hydrogen) atoms. The smallest absolute Gasteiger partial charge is 1.00 e. The van der Waals surface area contributed by atoms with Gasteiger partial charge in [-0.1, -0.05) is 29.5 Å². The third-order valence-corrected chi connectivity index (χ3v) is 3.87. The van der Waals surface area contributed by atoms with Crippen molar-refractivity contribution in [1.82, 2.24) is 0 Å². The molecule has 0 aliphatic rings. The van der Waals surface area contributed by atoms with Crippen LogP contribution < -0.4 is 34.3 Å². The zero-order valence-electron chi connectivity index (χ0n) is 13.0. The normalized spacial score (nSPS) is 8.61. The molecular formula is C15H15Cl2N2O2SZn+. The molecule has 0 saturated heterocycles. The maximum atomic E-state index is 8.96. The van der Waals surface area contributed by atoms with Gasteiger partial charge in [0, 0.05) is 11.0 Å². The Morgan fingerprint density at radius 1 is 0.957 bits per heavy atom. The summed E-state index contributed by atoms with van der Waals surface area (Å²) >= 11 is 1.57. The maximum absolute atomic E-state index is 8.96. The van der Waals surface area contributed by atoms with Crippen LogP contribution in [0.15, 0.2) is 46.2 Å². The fourth-order valence-corrected chi connectivity index (χ4v) is 2.68. The van der Waals surface area contributed by atoms with Gasteiger partial charge in [0.05, 0.1) is 25.2 Å². The van der Waals surface area contributed by atoms with Crippen molar-refractivity contribution in [2.75, 3.05) is 14.2 Å². The molecule has 2 aromatic carbocycles. The van der Waals surface area contributed by atoms with E-state index in [4.69, 9.17) is 14.9 Å². The predicted octanol–water partition coefficient (Wildman–Crippen LogP) is -1.35. The summed E-state index contributed by atoms with van der Waals surface area (Å²) < 4.78 is 10.5. The van der Waals surface area contributed by atoms with Crippen molar-refractivity contribution in [3.05, 3.63) is 46.9 Å². The van der Waals surface area contributed by atoms with Crippen molar-refractivity contribution in [3.8, 4) is 11.5 Å². The summed E-state index contributed by atoms with van der Waals surface area (Å²) in [5.41, 5.74) is 1.56. The van der Waals surface area contributed by atoms with Crippen molar-refractivity contribution >= 4 is 17.4 Å². The van der Waals surface area contributed by atoms with E-state index in [1.807, 2.05) is 0 Å². The molecule has 0 aliphatic heterocycles. The van der Waals surface area contributed by atoms with Crippen molar-refractivity contribution < 1.29 is 53.8 Å². The number of diazo groups is 1. The van der Waals surface area contributed by atoms with Crippen LogP contribution in [0.2, 0.25) is 0 Å². The summed E-state index contributed by atoms with van der Waals surface area (Å²) in [7, 11) is 3.12. The molecule has 0 spiro atoms. The van der Waals surface area contributed by atoms with Gasteiger partial charge in [-0.05, 0) is 19.1 Å². The van der Waals surface area contributed by atoms with Crippen LogP contribution in [0.3, 0.4) is 0 Å². The Morgan fingerprint density at radius 3 is 2.00 bits per heavy atom. The van der Waals surface area contributed by atoms with Crippen LogP contribution in [0.1, 0.15) is 5.56 Å². The first-order valence-electron chi connectivity index (χ1n) is 6.03. The number of hydrogen-bond donors (Lipinski definition) is 0. The Kier molecular flexibility index (Phi) is 12.2. The Bertz CT molecular complexity index is 664. The van der Waals surface area contributed by atoms with Crippen LogP contribution >= 0.6 is 11.8 Å². The number of nitrogens with zero attached hydrogens (tertiary/aromatic N) is 2. The minimum atomic E-state index is 0. The molecule has 2 aromatic rings. The molecule has 0 atom stereocenters. The fourth-order valence-electron chi connectivity index (χ4n) is 1.74. The quantitative estimate of drug-likeness (QED) is 0.451. The molecule has 0 fully saturated rings. The predicted molar refractivity (Wildman–Crippen MR) is 79.6 cm³/mol. The summed E-state index contributed by atoms with van der Waals surface area (Å²) in [5.74, 6) is 1.15. The van der Waals surface area contributed by atoms with Crippen LogP contribution in [0.5, 0.6) is 11.5 Å². The molecule has 8 heteroatoms. The second-order valence-corrected chi connectivity index (χ2v) is 5.31. The van der Waals surface area contributed by atoms with E-state index in [-0.39, 0.29) is 44.3 Å². The molecule has 4 nitrogen and oxygen atoms in total. The molecule has 0 bridgehead atoms. The first kappa shape index (κ1) is 24.3. The van der Waals surface area contributed by atoms with E-state index >= 15 is 0 Å². The van der Waals surface area contributed by atoms with Gasteiger partial charge in [0.25, 0.3) is 0 Å². The molecule has 0 unspecified atom stereocenters. The molecule has 0 amide bonds. The molecule has 0 aromatic heterocycles. The first-order valence-corrected chi connectivity index (χ1v) is 6.85. The van der Waals surface area contributed by atoms with Crippen LogP contribution in [0.25, 0.3) is 4.98 Å². The van der Waals surface area contributed by atoms with Gasteiger partial charge in [0.1, 0.15) is 5.75 Å². The molecule has 0 aliphatic carbocycles. The van der Waals surface area contributed by atoms with E-state index in [1.165, 1.54) is 12.7 Å². The summed E-state index contributed by atoms with van der Waals surface area (Å²) in [5, 5.41) is 8.96. The molecule has 0 N–H and O–H groups in total. The number of hydrogen-bond acceptors (Lipinski definition) is 4. The van der Waals surface area contributed by atoms with E-state index in [0.29, 0.717) is 17.2 Å². The van der Waals surface area contributed by atoms with E-state index in [1.54, 1.807) is 31.0 Å². The molecule has 118 valence electrons. The SMILES string of the molecule is COc1cc(Sc2ccc(C)cc2)c(OC)cc1[N+]#N.[Cl-].[Cl-].[Zn+2]. The third-order valence-electron chi connectivity index (χ3n) is 2.82. The van der Waals surface area contributed by atoms with Gasteiger partial charge in [-0.25, -0.2) is 0 Å². The van der Waals surface area contributed by atoms with Crippen molar-refractivity contribution in [1.29, 1.82) is 5.39 Å². The third kappa shape index (κ3) is 6.20. The Morgan fingerprint density at radius 2 is 1.52 bits per heavy atom. The van der Waals surface area contributed by atoms with Gasteiger partial charge in [-0.3, -0.25) is 0 Å². The average Bonchev–Trinajstić information content (AvgIpc) is 2.49. The number of methoxy groups -OCH3 is 2. The van der Waals surface area contributed by atoms with Gasteiger partial charge in [-0.2, -0.15) is 0 Å². The summed E-state index contributed by atoms with van der Waals surface area (Å²) in [4.78, 5) is 5.20. The number of benzene rings is 2. The minimum absolute atomic E-state index is 0. The monoisotopic (exact) mass is 421 g/mol. The molecular weight excluding hydrogens is 409 g/mol. The van der Waals surface area contributed by atoms with E-state index < -0.39 is 0 Å². The van der Waals surface area contributed by atoms with E-state index in [2.05, 4.69) is 36.2 Å².